The van der Waals surface area contributed by atoms with Crippen molar-refractivity contribution in [2.24, 2.45) is 5.92 Å². The second-order valence-electron chi connectivity index (χ2n) is 7.90. The largest absolute Gasteiger partial charge is 0.497 e. The summed E-state index contributed by atoms with van der Waals surface area (Å²) in [7, 11) is 1.59. The van der Waals surface area contributed by atoms with Crippen molar-refractivity contribution in [1.29, 1.82) is 0 Å². The van der Waals surface area contributed by atoms with Gasteiger partial charge < -0.3 is 10.1 Å². The van der Waals surface area contributed by atoms with E-state index in [1.807, 2.05) is 36.4 Å². The van der Waals surface area contributed by atoms with Crippen molar-refractivity contribution in [2.45, 2.75) is 38.6 Å². The summed E-state index contributed by atoms with van der Waals surface area (Å²) >= 11 is 0. The molecule has 0 bridgehead atoms. The maximum absolute atomic E-state index is 13.2. The van der Waals surface area contributed by atoms with Gasteiger partial charge in [-0.3, -0.25) is 14.2 Å². The monoisotopic (exact) mass is 390 g/mol. The highest BCUT2D eigenvalue weighted by atomic mass is 16.5. The van der Waals surface area contributed by atoms with Gasteiger partial charge in [0.25, 0.3) is 11.5 Å². The van der Waals surface area contributed by atoms with Gasteiger partial charge in [-0.2, -0.15) is 0 Å². The molecule has 1 heterocycles. The first-order valence-corrected chi connectivity index (χ1v) is 10.2. The van der Waals surface area contributed by atoms with Crippen LogP contribution in [0.4, 0.5) is 0 Å². The third-order valence-electron chi connectivity index (χ3n) is 5.85. The van der Waals surface area contributed by atoms with Crippen LogP contribution < -0.4 is 15.6 Å². The van der Waals surface area contributed by atoms with Crippen molar-refractivity contribution in [3.8, 4) is 11.4 Å². The number of carbonyl (C=O) groups excluding carboxylic acids is 1. The Balaban J connectivity index is 1.77. The highest BCUT2D eigenvalue weighted by molar-refractivity contribution is 6.06. The first-order valence-electron chi connectivity index (χ1n) is 10.2. The molecule has 1 aliphatic rings. The number of ether oxygens (including phenoxy) is 1. The number of pyridine rings is 1. The number of methoxy groups -OCH3 is 1. The van der Waals surface area contributed by atoms with Crippen LogP contribution in [-0.2, 0) is 0 Å². The highest BCUT2D eigenvalue weighted by Gasteiger charge is 2.22. The molecule has 0 atom stereocenters. The lowest BCUT2D eigenvalue weighted by atomic mass is 9.87. The topological polar surface area (TPSA) is 60.3 Å². The van der Waals surface area contributed by atoms with Gasteiger partial charge in [-0.1, -0.05) is 31.2 Å². The Hall–Kier alpha value is -3.08. The first-order chi connectivity index (χ1) is 14.1. The van der Waals surface area contributed by atoms with Gasteiger partial charge in [0.15, 0.2) is 0 Å². The second kappa shape index (κ2) is 8.11. The molecule has 2 aromatic carbocycles. The summed E-state index contributed by atoms with van der Waals surface area (Å²) in [6.45, 7) is 2.26. The molecular formula is C24H26N2O3. The summed E-state index contributed by atoms with van der Waals surface area (Å²) in [4.78, 5) is 26.3. The van der Waals surface area contributed by atoms with Crippen LogP contribution >= 0.6 is 0 Å². The van der Waals surface area contributed by atoms with Crippen LogP contribution in [0, 0.1) is 5.92 Å². The fourth-order valence-corrected chi connectivity index (χ4v) is 4.09. The Morgan fingerprint density at radius 2 is 1.76 bits per heavy atom. The molecule has 1 saturated carbocycles. The minimum atomic E-state index is -0.156. The lowest BCUT2D eigenvalue weighted by Gasteiger charge is -2.27. The van der Waals surface area contributed by atoms with Gasteiger partial charge in [0.05, 0.1) is 18.4 Å². The van der Waals surface area contributed by atoms with Crippen molar-refractivity contribution in [2.75, 3.05) is 7.11 Å². The molecule has 5 heteroatoms. The SMILES string of the molecule is COc1cccc(-n2cc(C(=O)NC3CCC(C)CC3)c3ccccc3c2=O)c1. The van der Waals surface area contributed by atoms with Crippen LogP contribution in [0.2, 0.25) is 0 Å². The van der Waals surface area contributed by atoms with Crippen LogP contribution in [-0.4, -0.2) is 23.6 Å². The first kappa shape index (κ1) is 19.2. The zero-order chi connectivity index (χ0) is 20.4. The summed E-state index contributed by atoms with van der Waals surface area (Å²) in [6.07, 6.45) is 5.92. The molecule has 4 rings (SSSR count). The fraction of sp³-hybridized carbons (Fsp3) is 0.333. The van der Waals surface area contributed by atoms with Gasteiger partial charge in [0.1, 0.15) is 5.75 Å². The average molecular weight is 390 g/mol. The quantitative estimate of drug-likeness (QED) is 0.722. The smallest absolute Gasteiger partial charge is 0.262 e. The maximum Gasteiger partial charge on any atom is 0.262 e. The lowest BCUT2D eigenvalue weighted by Crippen LogP contribution is -2.38. The number of hydrogen-bond donors (Lipinski definition) is 1. The van der Waals surface area contributed by atoms with E-state index in [1.165, 1.54) is 4.57 Å². The lowest BCUT2D eigenvalue weighted by molar-refractivity contribution is 0.0924. The van der Waals surface area contributed by atoms with Gasteiger partial charge in [0, 0.05) is 29.1 Å². The van der Waals surface area contributed by atoms with Crippen LogP contribution in [0.15, 0.2) is 59.5 Å². The second-order valence-corrected chi connectivity index (χ2v) is 7.90. The molecule has 0 aliphatic heterocycles. The van der Waals surface area contributed by atoms with Gasteiger partial charge in [-0.25, -0.2) is 0 Å². The van der Waals surface area contributed by atoms with Crippen LogP contribution in [0.3, 0.4) is 0 Å². The van der Waals surface area contributed by atoms with Crippen LogP contribution in [0.1, 0.15) is 43.0 Å². The van der Waals surface area contributed by atoms with E-state index in [9.17, 15) is 9.59 Å². The Labute approximate surface area is 170 Å². The molecule has 1 aromatic heterocycles. The molecule has 0 spiro atoms. The summed E-state index contributed by atoms with van der Waals surface area (Å²) in [5.41, 5.74) is 1.03. The zero-order valence-corrected chi connectivity index (χ0v) is 16.9. The maximum atomic E-state index is 13.2. The van der Waals surface area contributed by atoms with Crippen molar-refractivity contribution in [1.82, 2.24) is 9.88 Å². The van der Waals surface area contributed by atoms with E-state index in [-0.39, 0.29) is 17.5 Å². The van der Waals surface area contributed by atoms with E-state index in [2.05, 4.69) is 12.2 Å². The third-order valence-corrected chi connectivity index (χ3v) is 5.85. The number of aromatic nitrogens is 1. The molecule has 1 aliphatic carbocycles. The minimum absolute atomic E-state index is 0.127. The molecule has 1 N–H and O–H groups in total. The van der Waals surface area contributed by atoms with E-state index >= 15 is 0 Å². The highest BCUT2D eigenvalue weighted by Crippen LogP contribution is 2.25. The zero-order valence-electron chi connectivity index (χ0n) is 16.9. The Kier molecular flexibility index (Phi) is 5.38. The number of fused-ring (bicyclic) bond motifs is 1. The number of carbonyl (C=O) groups is 1. The van der Waals surface area contributed by atoms with Gasteiger partial charge in [0.2, 0.25) is 0 Å². The normalized spacial score (nSPS) is 19.1. The third kappa shape index (κ3) is 3.90. The number of nitrogens with one attached hydrogen (secondary N) is 1. The predicted molar refractivity (Wildman–Crippen MR) is 115 cm³/mol. The molecule has 5 nitrogen and oxygen atoms in total. The summed E-state index contributed by atoms with van der Waals surface area (Å²) in [5, 5.41) is 4.40. The van der Waals surface area contributed by atoms with Gasteiger partial charge >= 0.3 is 0 Å². The van der Waals surface area contributed by atoms with Crippen molar-refractivity contribution in [3.63, 3.8) is 0 Å². The van der Waals surface area contributed by atoms with Gasteiger partial charge in [-0.05, 0) is 49.8 Å². The molecule has 0 saturated heterocycles. The minimum Gasteiger partial charge on any atom is -0.497 e. The van der Waals surface area contributed by atoms with E-state index in [1.54, 1.807) is 25.4 Å². The molecule has 150 valence electrons. The molecule has 3 aromatic rings. The molecule has 29 heavy (non-hydrogen) atoms. The summed E-state index contributed by atoms with van der Waals surface area (Å²) in [5.74, 6) is 1.25. The predicted octanol–water partition coefficient (Wildman–Crippen LogP) is 4.31. The Bertz CT molecular complexity index is 1090. The standard InChI is InChI=1S/C24H26N2O3/c1-16-10-12-17(13-11-16)25-23(27)22-15-26(18-6-5-7-19(14-18)29-2)24(28)21-9-4-3-8-20(21)22/h3-9,14-17H,10-13H2,1-2H3,(H,25,27). The van der Waals surface area contributed by atoms with Crippen LogP contribution in [0.25, 0.3) is 16.5 Å². The summed E-state index contributed by atoms with van der Waals surface area (Å²) in [6, 6.07) is 14.8. The Morgan fingerprint density at radius 3 is 2.48 bits per heavy atom. The van der Waals surface area contributed by atoms with Crippen molar-refractivity contribution < 1.29 is 9.53 Å². The molecule has 0 radical (unpaired) electrons. The number of benzene rings is 2. The molecule has 1 fully saturated rings. The van der Waals surface area contributed by atoms with E-state index < -0.39 is 0 Å². The van der Waals surface area contributed by atoms with Crippen molar-refractivity contribution in [3.05, 3.63) is 70.6 Å². The van der Waals surface area contributed by atoms with Crippen LogP contribution in [0.5, 0.6) is 5.75 Å². The van der Waals surface area contributed by atoms with E-state index in [0.29, 0.717) is 27.8 Å². The van der Waals surface area contributed by atoms with E-state index in [0.717, 1.165) is 31.6 Å². The van der Waals surface area contributed by atoms with Gasteiger partial charge in [-0.15, -0.1) is 0 Å². The van der Waals surface area contributed by atoms with E-state index in [4.69, 9.17) is 4.74 Å². The number of nitrogens with zero attached hydrogens (tertiary/aromatic N) is 1. The fourth-order valence-electron chi connectivity index (χ4n) is 4.09. The number of hydrogen-bond acceptors (Lipinski definition) is 3. The number of rotatable bonds is 4. The summed E-state index contributed by atoms with van der Waals surface area (Å²) < 4.78 is 6.83. The average Bonchev–Trinajstić information content (AvgIpc) is 2.76. The molecule has 0 unspecified atom stereocenters. The number of amides is 1. The Morgan fingerprint density at radius 1 is 1.03 bits per heavy atom. The van der Waals surface area contributed by atoms with Crippen molar-refractivity contribution >= 4 is 16.7 Å². The molecule has 1 amide bonds. The molecular weight excluding hydrogens is 364 g/mol.